The minimum atomic E-state index is -0.667. The molecule has 3 aromatic heterocycles. The quantitative estimate of drug-likeness (QED) is 0.242. The van der Waals surface area contributed by atoms with Crippen molar-refractivity contribution in [2.75, 3.05) is 0 Å². The molecule has 2 saturated carbocycles. The average Bonchev–Trinajstić information content (AvgIpc) is 3.34. The number of fused-ring (bicyclic) bond motifs is 1. The van der Waals surface area contributed by atoms with E-state index < -0.39 is 6.17 Å². The predicted octanol–water partition coefficient (Wildman–Crippen LogP) is 9.96. The summed E-state index contributed by atoms with van der Waals surface area (Å²) in [5.74, 6) is 1.92. The fourth-order valence-corrected chi connectivity index (χ4v) is 6.32. The van der Waals surface area contributed by atoms with Crippen LogP contribution >= 0.6 is 0 Å². The smallest absolute Gasteiger partial charge is 0.141 e. The summed E-state index contributed by atoms with van der Waals surface area (Å²) < 4.78 is 34.6. The van der Waals surface area contributed by atoms with Crippen LogP contribution in [0.25, 0.3) is 38.9 Å². The first kappa shape index (κ1) is 28.3. The van der Waals surface area contributed by atoms with Gasteiger partial charge in [0, 0.05) is 46.1 Å². The molecule has 0 saturated heterocycles. The molecule has 0 radical (unpaired) electrons. The predicted molar refractivity (Wildman–Crippen MR) is 160 cm³/mol. The standard InChI is InChI=1S/C31H34FN3O.C3H7F/c1-17(2)23-12-18(3)28(27(32)14-23)26-16-35(30(21-8-6-9-21)22-10-7-11-22)31-25(26)13-24(15-33-31)29-19(4)34-36-20(29)5;1-3(2)4/h12-16,21-22,30H,1,6-11H2,2-5H3;3H,1-2H3. The minimum Gasteiger partial charge on any atom is -0.361 e. The lowest BCUT2D eigenvalue weighted by molar-refractivity contribution is 0.103. The van der Waals surface area contributed by atoms with Crippen LogP contribution in [0, 0.1) is 38.4 Å². The van der Waals surface area contributed by atoms with Crippen LogP contribution in [0.1, 0.15) is 87.9 Å². The molecule has 4 aromatic rings. The van der Waals surface area contributed by atoms with E-state index in [-0.39, 0.29) is 5.82 Å². The molecule has 0 amide bonds. The van der Waals surface area contributed by atoms with Gasteiger partial charge in [0.2, 0.25) is 0 Å². The zero-order chi connectivity index (χ0) is 28.7. The summed E-state index contributed by atoms with van der Waals surface area (Å²) in [6.45, 7) is 14.8. The van der Waals surface area contributed by atoms with Crippen LogP contribution in [0.5, 0.6) is 0 Å². The van der Waals surface area contributed by atoms with Crippen molar-refractivity contribution in [1.29, 1.82) is 0 Å². The zero-order valence-corrected chi connectivity index (χ0v) is 24.7. The van der Waals surface area contributed by atoms with Crippen LogP contribution in [0.2, 0.25) is 0 Å². The third-order valence-electron chi connectivity index (χ3n) is 8.63. The maximum atomic E-state index is 15.8. The molecule has 40 heavy (non-hydrogen) atoms. The van der Waals surface area contributed by atoms with E-state index in [4.69, 9.17) is 9.51 Å². The van der Waals surface area contributed by atoms with Gasteiger partial charge >= 0.3 is 0 Å². The highest BCUT2D eigenvalue weighted by molar-refractivity contribution is 5.97. The average molecular weight is 546 g/mol. The maximum Gasteiger partial charge on any atom is 0.141 e. The Labute approximate surface area is 236 Å². The molecular formula is C34H41F2N3O. The fraction of sp³-hybridized carbons (Fsp3) is 0.471. The number of rotatable bonds is 6. The highest BCUT2D eigenvalue weighted by Crippen LogP contribution is 2.50. The summed E-state index contributed by atoms with van der Waals surface area (Å²) in [6.07, 6.45) is 11.2. The number of allylic oxidation sites excluding steroid dienone is 1. The van der Waals surface area contributed by atoms with Crippen molar-refractivity contribution in [3.8, 4) is 22.3 Å². The van der Waals surface area contributed by atoms with E-state index in [0.717, 1.165) is 55.9 Å². The third kappa shape index (κ3) is 5.25. The number of aryl methyl sites for hydroxylation is 3. The van der Waals surface area contributed by atoms with Gasteiger partial charge in [-0.25, -0.2) is 13.8 Å². The molecule has 0 aliphatic heterocycles. The van der Waals surface area contributed by atoms with Crippen LogP contribution in [-0.2, 0) is 0 Å². The highest BCUT2D eigenvalue weighted by atomic mass is 19.1. The van der Waals surface area contributed by atoms with Crippen molar-refractivity contribution in [3.05, 3.63) is 65.6 Å². The number of benzene rings is 1. The summed E-state index contributed by atoms with van der Waals surface area (Å²) >= 11 is 0. The van der Waals surface area contributed by atoms with E-state index in [1.54, 1.807) is 6.07 Å². The minimum absolute atomic E-state index is 0.210. The van der Waals surface area contributed by atoms with E-state index in [2.05, 4.69) is 28.6 Å². The van der Waals surface area contributed by atoms with E-state index in [0.29, 0.717) is 23.4 Å². The Bertz CT molecular complexity index is 1480. The first-order valence-corrected chi connectivity index (χ1v) is 14.6. The van der Waals surface area contributed by atoms with Gasteiger partial charge in [-0.3, -0.25) is 0 Å². The normalized spacial score (nSPS) is 15.8. The number of hydrogen-bond acceptors (Lipinski definition) is 3. The van der Waals surface area contributed by atoms with Crippen molar-refractivity contribution in [1.82, 2.24) is 14.7 Å². The van der Waals surface area contributed by atoms with E-state index >= 15 is 4.39 Å². The summed E-state index contributed by atoms with van der Waals surface area (Å²) in [7, 11) is 0. The van der Waals surface area contributed by atoms with Gasteiger partial charge in [-0.1, -0.05) is 36.2 Å². The van der Waals surface area contributed by atoms with Gasteiger partial charge in [-0.15, -0.1) is 0 Å². The lowest BCUT2D eigenvalue weighted by Gasteiger charge is -2.43. The topological polar surface area (TPSA) is 43.9 Å². The molecule has 1 aromatic carbocycles. The molecule has 0 spiro atoms. The fourth-order valence-electron chi connectivity index (χ4n) is 6.32. The van der Waals surface area contributed by atoms with E-state index in [1.165, 1.54) is 52.4 Å². The van der Waals surface area contributed by atoms with Crippen molar-refractivity contribution in [2.24, 2.45) is 11.8 Å². The second kappa shape index (κ2) is 11.3. The van der Waals surface area contributed by atoms with Crippen LogP contribution in [0.15, 0.2) is 41.7 Å². The molecule has 0 unspecified atom stereocenters. The number of pyridine rings is 1. The van der Waals surface area contributed by atoms with Gasteiger partial charge in [0.25, 0.3) is 0 Å². The second-order valence-corrected chi connectivity index (χ2v) is 12.1. The lowest BCUT2D eigenvalue weighted by atomic mass is 9.68. The molecule has 0 N–H and O–H groups in total. The SMILES string of the molecule is C=C(C)c1cc(C)c(-c2cn(C(C3CCC3)C3CCC3)c3ncc(-c4c(C)noc4C)cc23)c(F)c1.CC(C)F. The molecule has 6 heteroatoms. The number of alkyl halides is 1. The molecule has 3 heterocycles. The number of nitrogens with zero attached hydrogens (tertiary/aromatic N) is 3. The summed E-state index contributed by atoms with van der Waals surface area (Å²) in [5.41, 5.74) is 7.90. The third-order valence-corrected chi connectivity index (χ3v) is 8.63. The Balaban J connectivity index is 0.000000758. The second-order valence-electron chi connectivity index (χ2n) is 12.1. The Morgan fingerprint density at radius 2 is 1.65 bits per heavy atom. The van der Waals surface area contributed by atoms with Gasteiger partial charge in [-0.2, -0.15) is 0 Å². The largest absolute Gasteiger partial charge is 0.361 e. The van der Waals surface area contributed by atoms with E-state index in [1.807, 2.05) is 40.0 Å². The summed E-state index contributed by atoms with van der Waals surface area (Å²) in [6, 6.07) is 6.25. The van der Waals surface area contributed by atoms with Gasteiger partial charge in [0.05, 0.1) is 11.9 Å². The molecule has 212 valence electrons. The molecular weight excluding hydrogens is 504 g/mol. The van der Waals surface area contributed by atoms with Gasteiger partial charge in [-0.05, 0) is 102 Å². The van der Waals surface area contributed by atoms with Crippen molar-refractivity contribution in [3.63, 3.8) is 0 Å². The van der Waals surface area contributed by atoms with E-state index in [9.17, 15) is 4.39 Å². The van der Waals surface area contributed by atoms with Crippen LogP contribution in [0.3, 0.4) is 0 Å². The molecule has 4 nitrogen and oxygen atoms in total. The van der Waals surface area contributed by atoms with Crippen molar-refractivity contribution >= 4 is 16.6 Å². The van der Waals surface area contributed by atoms with Gasteiger partial charge in [0.15, 0.2) is 0 Å². The first-order valence-electron chi connectivity index (χ1n) is 14.6. The number of hydrogen-bond donors (Lipinski definition) is 0. The summed E-state index contributed by atoms with van der Waals surface area (Å²) in [5, 5.41) is 5.14. The molecule has 0 bridgehead atoms. The summed E-state index contributed by atoms with van der Waals surface area (Å²) in [4.78, 5) is 5.03. The molecule has 0 atom stereocenters. The lowest BCUT2D eigenvalue weighted by Crippen LogP contribution is -2.34. The van der Waals surface area contributed by atoms with Gasteiger partial charge < -0.3 is 9.09 Å². The maximum absolute atomic E-state index is 15.8. The van der Waals surface area contributed by atoms with Gasteiger partial charge in [0.1, 0.15) is 17.2 Å². The first-order chi connectivity index (χ1) is 19.1. The Morgan fingerprint density at radius 3 is 2.12 bits per heavy atom. The van der Waals surface area contributed by atoms with Crippen molar-refractivity contribution < 1.29 is 13.3 Å². The highest BCUT2D eigenvalue weighted by Gasteiger charge is 2.38. The molecule has 6 rings (SSSR count). The monoisotopic (exact) mass is 545 g/mol. The Kier molecular flexibility index (Phi) is 7.98. The molecule has 2 aliphatic carbocycles. The van der Waals surface area contributed by atoms with Crippen LogP contribution < -0.4 is 0 Å². The number of aromatic nitrogens is 3. The Morgan fingerprint density at radius 1 is 1.02 bits per heavy atom. The zero-order valence-electron chi connectivity index (χ0n) is 24.7. The van der Waals surface area contributed by atoms with Crippen molar-refractivity contribution in [2.45, 2.75) is 92.3 Å². The molecule has 2 fully saturated rings. The Hall–Kier alpha value is -3.28. The molecule has 2 aliphatic rings. The van der Waals surface area contributed by atoms with Crippen LogP contribution in [-0.4, -0.2) is 20.9 Å². The number of halogens is 2. The van der Waals surface area contributed by atoms with Crippen LogP contribution in [0.4, 0.5) is 8.78 Å².